The van der Waals surface area contributed by atoms with E-state index in [1.165, 1.54) is 5.56 Å². The Bertz CT molecular complexity index is 999. The number of hydrogen-bond acceptors (Lipinski definition) is 3. The van der Waals surface area contributed by atoms with E-state index >= 15 is 0 Å². The number of nitrogens with one attached hydrogen (secondary N) is 1. The lowest BCUT2D eigenvalue weighted by molar-refractivity contribution is 0.156. The van der Waals surface area contributed by atoms with Gasteiger partial charge in [-0.1, -0.05) is 47.5 Å². The molecule has 2 aromatic carbocycles. The lowest BCUT2D eigenvalue weighted by Gasteiger charge is -2.29. The van der Waals surface area contributed by atoms with Crippen LogP contribution < -0.4 is 5.32 Å². The first kappa shape index (κ1) is 22.6. The van der Waals surface area contributed by atoms with Crippen LogP contribution >= 0.6 is 23.2 Å². The third-order valence-corrected chi connectivity index (χ3v) is 6.07. The summed E-state index contributed by atoms with van der Waals surface area (Å²) < 4.78 is 0. The van der Waals surface area contributed by atoms with Gasteiger partial charge in [0.05, 0.1) is 0 Å². The number of benzene rings is 2. The van der Waals surface area contributed by atoms with Crippen LogP contribution in [0.5, 0.6) is 0 Å². The van der Waals surface area contributed by atoms with Gasteiger partial charge >= 0.3 is 6.03 Å². The van der Waals surface area contributed by atoms with Crippen LogP contribution in [0.3, 0.4) is 0 Å². The molecule has 3 aromatic rings. The highest BCUT2D eigenvalue weighted by Gasteiger charge is 2.29. The quantitative estimate of drug-likeness (QED) is 0.506. The second kappa shape index (κ2) is 10.8. The van der Waals surface area contributed by atoms with Crippen LogP contribution in [0.4, 0.5) is 4.79 Å². The molecule has 32 heavy (non-hydrogen) atoms. The van der Waals surface area contributed by atoms with Crippen molar-refractivity contribution < 1.29 is 4.79 Å². The molecule has 0 spiro atoms. The summed E-state index contributed by atoms with van der Waals surface area (Å²) in [4.78, 5) is 21.3. The van der Waals surface area contributed by atoms with Gasteiger partial charge in [0.2, 0.25) is 0 Å². The number of pyridine rings is 1. The molecular weight excluding hydrogens is 443 g/mol. The van der Waals surface area contributed by atoms with Crippen molar-refractivity contribution in [2.45, 2.75) is 32.1 Å². The first-order valence-corrected chi connectivity index (χ1v) is 11.5. The van der Waals surface area contributed by atoms with Gasteiger partial charge in [-0.2, -0.15) is 0 Å². The highest BCUT2D eigenvalue weighted by atomic mass is 35.5. The molecule has 0 radical (unpaired) electrons. The van der Waals surface area contributed by atoms with Gasteiger partial charge in [0.15, 0.2) is 0 Å². The summed E-state index contributed by atoms with van der Waals surface area (Å²) in [6, 6.07) is 19.6. The standard InChI is InChI=1S/C25H26Cl2N4O/c26-22-5-1-3-20(13-22)16-31(17-21-4-2-6-23(27)14-21)25(32)30-12-9-24(18-30)29-15-19-7-10-28-11-8-19/h1-8,10-11,13-14,24,29H,9,12,15-18H2/t24-/m0/s1. The number of carbonyl (C=O) groups excluding carboxylic acids is 1. The molecule has 7 heteroatoms. The van der Waals surface area contributed by atoms with E-state index in [4.69, 9.17) is 23.2 Å². The van der Waals surface area contributed by atoms with Crippen LogP contribution in [0.25, 0.3) is 0 Å². The zero-order chi connectivity index (χ0) is 22.3. The van der Waals surface area contributed by atoms with Gasteiger partial charge in [0.1, 0.15) is 0 Å². The van der Waals surface area contributed by atoms with Gasteiger partial charge in [-0.05, 0) is 59.5 Å². The molecule has 0 aliphatic carbocycles. The first-order chi connectivity index (χ1) is 15.6. The Hall–Kier alpha value is -2.60. The van der Waals surface area contributed by atoms with Crippen molar-refractivity contribution in [1.29, 1.82) is 0 Å². The number of urea groups is 1. The van der Waals surface area contributed by atoms with Crippen molar-refractivity contribution in [3.8, 4) is 0 Å². The van der Waals surface area contributed by atoms with Crippen molar-refractivity contribution in [2.75, 3.05) is 13.1 Å². The number of nitrogens with zero attached hydrogens (tertiary/aromatic N) is 3. The first-order valence-electron chi connectivity index (χ1n) is 10.7. The highest BCUT2D eigenvalue weighted by Crippen LogP contribution is 2.20. The fraction of sp³-hybridized carbons (Fsp3) is 0.280. The van der Waals surface area contributed by atoms with Gasteiger partial charge < -0.3 is 15.1 Å². The largest absolute Gasteiger partial charge is 0.323 e. The average Bonchev–Trinajstić information content (AvgIpc) is 3.27. The summed E-state index contributed by atoms with van der Waals surface area (Å²) in [5.74, 6) is 0. The number of likely N-dealkylation sites (tertiary alicyclic amines) is 1. The molecule has 5 nitrogen and oxygen atoms in total. The van der Waals surface area contributed by atoms with E-state index in [-0.39, 0.29) is 12.1 Å². The van der Waals surface area contributed by atoms with Gasteiger partial charge in [0.25, 0.3) is 0 Å². The van der Waals surface area contributed by atoms with Gasteiger partial charge in [-0.15, -0.1) is 0 Å². The molecule has 2 amide bonds. The smallest absolute Gasteiger partial charge is 0.320 e. The topological polar surface area (TPSA) is 48.5 Å². The molecule has 0 bridgehead atoms. The van der Waals surface area contributed by atoms with Crippen LogP contribution in [0.2, 0.25) is 10.0 Å². The number of aromatic nitrogens is 1. The molecule has 1 atom stereocenters. The Balaban J connectivity index is 1.43. The van der Waals surface area contributed by atoms with E-state index in [2.05, 4.69) is 10.3 Å². The van der Waals surface area contributed by atoms with E-state index in [1.54, 1.807) is 12.4 Å². The number of halogens is 2. The molecule has 1 N–H and O–H groups in total. The van der Waals surface area contributed by atoms with Crippen molar-refractivity contribution in [2.24, 2.45) is 0 Å². The minimum Gasteiger partial charge on any atom is -0.323 e. The predicted molar refractivity (Wildman–Crippen MR) is 129 cm³/mol. The number of carbonyl (C=O) groups is 1. The van der Waals surface area contributed by atoms with E-state index in [9.17, 15) is 4.79 Å². The maximum absolute atomic E-state index is 13.5. The van der Waals surface area contributed by atoms with Gasteiger partial charge in [-0.25, -0.2) is 4.79 Å². The minimum atomic E-state index is 0.0261. The molecule has 0 unspecified atom stereocenters. The van der Waals surface area contributed by atoms with Crippen LogP contribution in [-0.2, 0) is 19.6 Å². The second-order valence-corrected chi connectivity index (χ2v) is 8.94. The Morgan fingerprint density at radius 1 is 0.969 bits per heavy atom. The van der Waals surface area contributed by atoms with Crippen LogP contribution in [0, 0.1) is 0 Å². The van der Waals surface area contributed by atoms with Gasteiger partial charge in [-0.3, -0.25) is 4.98 Å². The van der Waals surface area contributed by atoms with E-state index < -0.39 is 0 Å². The van der Waals surface area contributed by atoms with Crippen molar-refractivity contribution in [3.63, 3.8) is 0 Å². The second-order valence-electron chi connectivity index (χ2n) is 8.07. The molecule has 1 aliphatic rings. The van der Waals surface area contributed by atoms with Crippen LogP contribution in [0.1, 0.15) is 23.1 Å². The zero-order valence-electron chi connectivity index (χ0n) is 17.8. The molecule has 1 aliphatic heterocycles. The fourth-order valence-corrected chi connectivity index (χ4v) is 4.39. The van der Waals surface area contributed by atoms with Gasteiger partial charge in [0, 0.05) is 61.2 Å². The normalized spacial score (nSPS) is 15.7. The van der Waals surface area contributed by atoms with E-state index in [0.717, 1.165) is 30.6 Å². The summed E-state index contributed by atoms with van der Waals surface area (Å²) in [6.45, 7) is 3.15. The van der Waals surface area contributed by atoms with Crippen molar-refractivity contribution in [1.82, 2.24) is 20.1 Å². The lowest BCUT2D eigenvalue weighted by Crippen LogP contribution is -2.43. The zero-order valence-corrected chi connectivity index (χ0v) is 19.3. The third kappa shape index (κ3) is 6.22. The SMILES string of the molecule is O=C(N(Cc1cccc(Cl)c1)Cc1cccc(Cl)c1)N1CC[C@H](NCc2ccncc2)C1. The molecular formula is C25H26Cl2N4O. The summed E-state index contributed by atoms with van der Waals surface area (Å²) in [7, 11) is 0. The minimum absolute atomic E-state index is 0.0261. The predicted octanol–water partition coefficient (Wildman–Crippen LogP) is 5.37. The van der Waals surface area contributed by atoms with Crippen molar-refractivity contribution >= 4 is 29.2 Å². The van der Waals surface area contributed by atoms with Crippen LogP contribution in [-0.4, -0.2) is 39.9 Å². The van der Waals surface area contributed by atoms with E-state index in [0.29, 0.717) is 29.7 Å². The molecule has 2 heterocycles. The average molecular weight is 469 g/mol. The Morgan fingerprint density at radius 3 is 2.19 bits per heavy atom. The Morgan fingerprint density at radius 2 is 1.59 bits per heavy atom. The summed E-state index contributed by atoms with van der Waals surface area (Å²) in [5.41, 5.74) is 3.19. The monoisotopic (exact) mass is 468 g/mol. The highest BCUT2D eigenvalue weighted by molar-refractivity contribution is 6.30. The fourth-order valence-electron chi connectivity index (χ4n) is 3.97. The number of amides is 2. The molecule has 1 saturated heterocycles. The maximum Gasteiger partial charge on any atom is 0.320 e. The number of rotatable bonds is 7. The van der Waals surface area contributed by atoms with Crippen molar-refractivity contribution in [3.05, 3.63) is 99.8 Å². The molecule has 4 rings (SSSR count). The van der Waals surface area contributed by atoms with Crippen LogP contribution in [0.15, 0.2) is 73.1 Å². The molecule has 0 saturated carbocycles. The molecule has 1 fully saturated rings. The summed E-state index contributed by atoms with van der Waals surface area (Å²) >= 11 is 12.4. The summed E-state index contributed by atoms with van der Waals surface area (Å²) in [5, 5.41) is 4.89. The Labute approximate surface area is 199 Å². The maximum atomic E-state index is 13.5. The molecule has 1 aromatic heterocycles. The lowest BCUT2D eigenvalue weighted by atomic mass is 10.1. The molecule has 166 valence electrons. The third-order valence-electron chi connectivity index (χ3n) is 5.60. The van der Waals surface area contributed by atoms with E-state index in [1.807, 2.05) is 70.5 Å². The Kier molecular flexibility index (Phi) is 7.63. The summed E-state index contributed by atoms with van der Waals surface area (Å²) in [6.07, 6.45) is 4.52. The number of hydrogen-bond donors (Lipinski definition) is 1.